The van der Waals surface area contributed by atoms with E-state index in [4.69, 9.17) is 0 Å². The van der Waals surface area contributed by atoms with E-state index in [0.717, 1.165) is 10.5 Å². The summed E-state index contributed by atoms with van der Waals surface area (Å²) in [5.41, 5.74) is 1.38. The minimum atomic E-state index is 0.460. The molecule has 0 aromatic heterocycles. The van der Waals surface area contributed by atoms with E-state index in [2.05, 4.69) is 64.4 Å². The van der Waals surface area contributed by atoms with Crippen molar-refractivity contribution in [3.05, 3.63) is 34.3 Å². The molecule has 0 amide bonds. The molecule has 2 atom stereocenters. The van der Waals surface area contributed by atoms with Gasteiger partial charge in [0.25, 0.3) is 0 Å². The molecule has 0 bridgehead atoms. The number of hydrogen-bond acceptors (Lipinski definition) is 2. The molecule has 1 aromatic carbocycles. The van der Waals surface area contributed by atoms with Gasteiger partial charge in [0.1, 0.15) is 0 Å². The number of likely N-dealkylation sites (tertiary alicyclic amines) is 1. The molecule has 0 saturated carbocycles. The molecule has 3 heteroatoms. The van der Waals surface area contributed by atoms with Crippen LogP contribution in [0.2, 0.25) is 0 Å². The highest BCUT2D eigenvalue weighted by Gasteiger charge is 2.19. The average Bonchev–Trinajstić information content (AvgIpc) is 2.43. The van der Waals surface area contributed by atoms with Crippen LogP contribution in [0.15, 0.2) is 28.7 Å². The number of nitrogens with zero attached hydrogens (tertiary/aromatic N) is 1. The second kappa shape index (κ2) is 7.41. The summed E-state index contributed by atoms with van der Waals surface area (Å²) < 4.78 is 1.15. The van der Waals surface area contributed by atoms with Gasteiger partial charge in [0.05, 0.1) is 0 Å². The van der Waals surface area contributed by atoms with E-state index in [1.165, 1.54) is 44.3 Å². The molecule has 1 aromatic rings. The van der Waals surface area contributed by atoms with Crippen LogP contribution in [0.25, 0.3) is 0 Å². The third kappa shape index (κ3) is 4.30. The lowest BCUT2D eigenvalue weighted by molar-refractivity contribution is 0.154. The molecule has 0 aliphatic carbocycles. The molecule has 0 spiro atoms. The molecule has 1 saturated heterocycles. The maximum Gasteiger partial charge on any atom is 0.0329 e. The Balaban J connectivity index is 1.90. The first-order valence-corrected chi connectivity index (χ1v) is 8.17. The smallest absolute Gasteiger partial charge is 0.0329 e. The Bertz CT molecular complexity index is 377. The summed E-state index contributed by atoms with van der Waals surface area (Å²) in [5.74, 6) is 0. The van der Waals surface area contributed by atoms with Gasteiger partial charge in [-0.1, -0.05) is 34.5 Å². The lowest BCUT2D eigenvalue weighted by Crippen LogP contribution is -2.39. The number of halogens is 1. The number of rotatable bonds is 5. The Labute approximate surface area is 125 Å². The maximum atomic E-state index is 3.50. The lowest BCUT2D eigenvalue weighted by atomic mass is 10.0. The van der Waals surface area contributed by atoms with Gasteiger partial charge < -0.3 is 10.2 Å². The van der Waals surface area contributed by atoms with Crippen LogP contribution in [0.1, 0.15) is 44.2 Å². The quantitative estimate of drug-likeness (QED) is 0.881. The topological polar surface area (TPSA) is 15.3 Å². The van der Waals surface area contributed by atoms with Crippen molar-refractivity contribution in [3.63, 3.8) is 0 Å². The van der Waals surface area contributed by atoms with Gasteiger partial charge in [0, 0.05) is 23.1 Å². The highest BCUT2D eigenvalue weighted by Crippen LogP contribution is 2.22. The largest absolute Gasteiger partial charge is 0.313 e. The number of nitrogens with one attached hydrogen (secondary N) is 1. The summed E-state index contributed by atoms with van der Waals surface area (Å²) in [7, 11) is 2.06. The zero-order valence-corrected chi connectivity index (χ0v) is 13.6. The fourth-order valence-electron chi connectivity index (χ4n) is 2.96. The van der Waals surface area contributed by atoms with Crippen LogP contribution in [-0.4, -0.2) is 31.1 Å². The van der Waals surface area contributed by atoms with Crippen molar-refractivity contribution in [1.82, 2.24) is 10.2 Å². The minimum Gasteiger partial charge on any atom is -0.313 e. The van der Waals surface area contributed by atoms with Crippen molar-refractivity contribution >= 4 is 15.9 Å². The van der Waals surface area contributed by atoms with Gasteiger partial charge in [-0.05, 0) is 57.5 Å². The normalized spacial score (nSPS) is 22.4. The van der Waals surface area contributed by atoms with E-state index >= 15 is 0 Å². The van der Waals surface area contributed by atoms with Crippen LogP contribution in [0.4, 0.5) is 0 Å². The van der Waals surface area contributed by atoms with E-state index in [1.54, 1.807) is 0 Å². The Morgan fingerprint density at radius 2 is 2.05 bits per heavy atom. The van der Waals surface area contributed by atoms with Crippen LogP contribution in [0.5, 0.6) is 0 Å². The summed E-state index contributed by atoms with van der Waals surface area (Å²) in [6.45, 7) is 4.84. The molecule has 2 unspecified atom stereocenters. The molecule has 1 fully saturated rings. The predicted octanol–water partition coefficient (Wildman–Crippen LogP) is 3.97. The zero-order valence-electron chi connectivity index (χ0n) is 12.0. The van der Waals surface area contributed by atoms with Gasteiger partial charge in [-0.15, -0.1) is 0 Å². The van der Waals surface area contributed by atoms with Gasteiger partial charge in [-0.3, -0.25) is 0 Å². The molecule has 1 heterocycles. The molecular weight excluding hydrogens is 300 g/mol. The Hall–Kier alpha value is -0.380. The maximum absolute atomic E-state index is 3.50. The van der Waals surface area contributed by atoms with Crippen LogP contribution in [0.3, 0.4) is 0 Å². The van der Waals surface area contributed by atoms with Crippen molar-refractivity contribution in [1.29, 1.82) is 0 Å². The molecule has 106 valence electrons. The third-order valence-corrected chi connectivity index (χ3v) is 4.80. The van der Waals surface area contributed by atoms with Gasteiger partial charge in [0.15, 0.2) is 0 Å². The van der Waals surface area contributed by atoms with Crippen LogP contribution >= 0.6 is 15.9 Å². The zero-order chi connectivity index (χ0) is 13.7. The fraction of sp³-hybridized carbons (Fsp3) is 0.625. The molecule has 0 radical (unpaired) electrons. The lowest BCUT2D eigenvalue weighted by Gasteiger charge is -2.34. The third-order valence-electron chi connectivity index (χ3n) is 4.27. The van der Waals surface area contributed by atoms with E-state index in [0.29, 0.717) is 6.04 Å². The summed E-state index contributed by atoms with van der Waals surface area (Å²) in [4.78, 5) is 2.65. The Morgan fingerprint density at radius 3 is 2.68 bits per heavy atom. The van der Waals surface area contributed by atoms with Gasteiger partial charge in [-0.25, -0.2) is 0 Å². The van der Waals surface area contributed by atoms with Gasteiger partial charge >= 0.3 is 0 Å². The summed E-state index contributed by atoms with van der Waals surface area (Å²) in [6, 6.07) is 9.90. The van der Waals surface area contributed by atoms with Crippen molar-refractivity contribution < 1.29 is 0 Å². The second-order valence-corrected chi connectivity index (χ2v) is 6.48. The van der Waals surface area contributed by atoms with Crippen molar-refractivity contribution in [2.24, 2.45) is 0 Å². The van der Waals surface area contributed by atoms with Crippen LogP contribution in [-0.2, 0) is 0 Å². The standard InChI is InChI=1S/C16H25BrN2/c1-13-5-3-4-11-19(13)12-10-16(18-2)14-6-8-15(17)9-7-14/h6-9,13,16,18H,3-5,10-12H2,1-2H3. The summed E-state index contributed by atoms with van der Waals surface area (Å²) in [6.07, 6.45) is 5.32. The molecule has 1 aliphatic rings. The second-order valence-electron chi connectivity index (χ2n) is 5.56. The first-order valence-electron chi connectivity index (χ1n) is 7.37. The van der Waals surface area contributed by atoms with E-state index in [-0.39, 0.29) is 0 Å². The van der Waals surface area contributed by atoms with Crippen LogP contribution < -0.4 is 5.32 Å². The number of piperidine rings is 1. The van der Waals surface area contributed by atoms with Crippen LogP contribution in [0, 0.1) is 0 Å². The van der Waals surface area contributed by atoms with E-state index in [1.807, 2.05) is 0 Å². The first-order chi connectivity index (χ1) is 9.20. The highest BCUT2D eigenvalue weighted by molar-refractivity contribution is 9.10. The monoisotopic (exact) mass is 324 g/mol. The Kier molecular flexibility index (Phi) is 5.86. The summed E-state index contributed by atoms with van der Waals surface area (Å²) >= 11 is 3.50. The SMILES string of the molecule is CNC(CCN1CCCCC1C)c1ccc(Br)cc1. The number of benzene rings is 1. The van der Waals surface area contributed by atoms with Gasteiger partial charge in [0.2, 0.25) is 0 Å². The number of hydrogen-bond donors (Lipinski definition) is 1. The van der Waals surface area contributed by atoms with E-state index < -0.39 is 0 Å². The minimum absolute atomic E-state index is 0.460. The molecule has 1 aliphatic heterocycles. The fourth-order valence-corrected chi connectivity index (χ4v) is 3.22. The molecule has 1 N–H and O–H groups in total. The van der Waals surface area contributed by atoms with Crippen molar-refractivity contribution in [2.75, 3.05) is 20.1 Å². The Morgan fingerprint density at radius 1 is 1.32 bits per heavy atom. The molecule has 2 nitrogen and oxygen atoms in total. The summed E-state index contributed by atoms with van der Waals surface area (Å²) in [5, 5.41) is 3.45. The highest BCUT2D eigenvalue weighted by atomic mass is 79.9. The molecule has 2 rings (SSSR count). The average molecular weight is 325 g/mol. The van der Waals surface area contributed by atoms with E-state index in [9.17, 15) is 0 Å². The first kappa shape index (κ1) is 15.0. The predicted molar refractivity (Wildman–Crippen MR) is 85.4 cm³/mol. The van der Waals surface area contributed by atoms with Gasteiger partial charge in [-0.2, -0.15) is 0 Å². The molecule has 19 heavy (non-hydrogen) atoms. The van der Waals surface area contributed by atoms with Crippen molar-refractivity contribution in [2.45, 2.75) is 44.7 Å². The molecular formula is C16H25BrN2. The van der Waals surface area contributed by atoms with Crippen molar-refractivity contribution in [3.8, 4) is 0 Å².